The van der Waals surface area contributed by atoms with Gasteiger partial charge in [0.15, 0.2) is 0 Å². The molecule has 1 atom stereocenters. The molecule has 2 fully saturated rings. The summed E-state index contributed by atoms with van der Waals surface area (Å²) in [5.74, 6) is 0.441. The summed E-state index contributed by atoms with van der Waals surface area (Å²) in [4.78, 5) is 17.5. The van der Waals surface area contributed by atoms with Crippen LogP contribution >= 0.6 is 11.3 Å². The molecule has 128 valence electrons. The summed E-state index contributed by atoms with van der Waals surface area (Å²) < 4.78 is 1.83. The fourth-order valence-electron chi connectivity index (χ4n) is 4.23. The van der Waals surface area contributed by atoms with Gasteiger partial charge in [-0.1, -0.05) is 0 Å². The number of likely N-dealkylation sites (tertiary alicyclic amines) is 1. The van der Waals surface area contributed by atoms with Crippen LogP contribution in [0.15, 0.2) is 24.5 Å². The van der Waals surface area contributed by atoms with E-state index in [0.717, 1.165) is 32.5 Å². The number of thiophene rings is 1. The summed E-state index contributed by atoms with van der Waals surface area (Å²) in [6, 6.07) is 4.43. The minimum absolute atomic E-state index is 0.0814. The molecular weight excluding hydrogens is 320 g/mol. The average molecular weight is 344 g/mol. The fourth-order valence-corrected chi connectivity index (χ4v) is 5.16. The van der Waals surface area contributed by atoms with Crippen LogP contribution in [-0.4, -0.2) is 39.2 Å². The molecule has 24 heavy (non-hydrogen) atoms. The third-order valence-corrected chi connectivity index (χ3v) is 6.48. The van der Waals surface area contributed by atoms with Crippen LogP contribution in [0.25, 0.3) is 0 Å². The number of hydrogen-bond donors (Lipinski definition) is 1. The number of aromatic nitrogens is 2. The largest absolute Gasteiger partial charge is 0.350 e. The summed E-state index contributed by atoms with van der Waals surface area (Å²) in [6.07, 6.45) is 6.61. The maximum Gasteiger partial charge on any atom is 0.221 e. The predicted molar refractivity (Wildman–Crippen MR) is 95.0 cm³/mol. The van der Waals surface area contributed by atoms with E-state index < -0.39 is 0 Å². The number of nitrogens with one attached hydrogen (secondary N) is 1. The van der Waals surface area contributed by atoms with Crippen molar-refractivity contribution in [1.29, 1.82) is 0 Å². The lowest BCUT2D eigenvalue weighted by molar-refractivity contribution is -0.120. The van der Waals surface area contributed by atoms with E-state index in [0.29, 0.717) is 6.42 Å². The first kappa shape index (κ1) is 15.8. The molecule has 2 saturated heterocycles. The minimum Gasteiger partial charge on any atom is -0.350 e. The molecular formula is C18H24N4OS. The van der Waals surface area contributed by atoms with Gasteiger partial charge >= 0.3 is 0 Å². The van der Waals surface area contributed by atoms with Crippen LogP contribution in [0.1, 0.15) is 40.5 Å². The van der Waals surface area contributed by atoms with Crippen molar-refractivity contribution in [2.24, 2.45) is 7.05 Å². The normalized spacial score (nSPS) is 23.8. The van der Waals surface area contributed by atoms with E-state index in [-0.39, 0.29) is 17.4 Å². The molecule has 0 saturated carbocycles. The number of piperidine rings is 1. The van der Waals surface area contributed by atoms with E-state index >= 15 is 0 Å². The highest BCUT2D eigenvalue weighted by Gasteiger charge is 2.48. The molecule has 0 unspecified atom stereocenters. The number of rotatable bonds is 3. The average Bonchev–Trinajstić information content (AvgIpc) is 3.22. The van der Waals surface area contributed by atoms with Crippen LogP contribution in [0.4, 0.5) is 0 Å². The van der Waals surface area contributed by atoms with Crippen molar-refractivity contribution in [3.8, 4) is 0 Å². The smallest absolute Gasteiger partial charge is 0.221 e. The number of nitrogens with zero attached hydrogens (tertiary/aromatic N) is 3. The molecule has 0 radical (unpaired) electrons. The molecule has 0 aromatic carbocycles. The van der Waals surface area contributed by atoms with Crippen LogP contribution in [0, 0.1) is 6.92 Å². The zero-order valence-electron chi connectivity index (χ0n) is 14.3. The van der Waals surface area contributed by atoms with Crippen molar-refractivity contribution in [2.75, 3.05) is 13.1 Å². The zero-order valence-corrected chi connectivity index (χ0v) is 15.1. The van der Waals surface area contributed by atoms with Gasteiger partial charge in [-0.3, -0.25) is 14.4 Å². The van der Waals surface area contributed by atoms with Crippen molar-refractivity contribution in [3.05, 3.63) is 39.8 Å². The Balaban J connectivity index is 1.47. The van der Waals surface area contributed by atoms with Crippen LogP contribution in [0.3, 0.4) is 0 Å². The lowest BCUT2D eigenvalue weighted by Crippen LogP contribution is -2.53. The summed E-state index contributed by atoms with van der Waals surface area (Å²) in [5.41, 5.74) is 1.11. The monoisotopic (exact) mass is 344 g/mol. The van der Waals surface area contributed by atoms with E-state index in [9.17, 15) is 4.79 Å². The standard InChI is InChI=1S/C18H24N4OS/c1-13-3-4-15(24-13)12-22-7-5-18(6-8-22)16(9-17(23)20-18)14-10-19-21(2)11-14/h3-4,10-11,16H,5-9,12H2,1-2H3,(H,20,23)/t16-/m1/s1. The van der Waals surface area contributed by atoms with Gasteiger partial charge in [0.05, 0.1) is 6.20 Å². The quantitative estimate of drug-likeness (QED) is 0.930. The molecule has 4 heterocycles. The molecule has 1 amide bonds. The molecule has 2 aromatic rings. The van der Waals surface area contributed by atoms with Crippen molar-refractivity contribution >= 4 is 17.2 Å². The summed E-state index contributed by atoms with van der Waals surface area (Å²) in [6.45, 7) is 5.26. The van der Waals surface area contributed by atoms with Gasteiger partial charge in [-0.05, 0) is 37.5 Å². The third kappa shape index (κ3) is 2.89. The van der Waals surface area contributed by atoms with Gasteiger partial charge in [0.2, 0.25) is 5.91 Å². The first-order valence-corrected chi connectivity index (χ1v) is 9.43. The molecule has 2 aromatic heterocycles. The van der Waals surface area contributed by atoms with Gasteiger partial charge in [0.1, 0.15) is 0 Å². The topological polar surface area (TPSA) is 50.2 Å². The molecule has 1 N–H and O–H groups in total. The van der Waals surface area contributed by atoms with Crippen molar-refractivity contribution < 1.29 is 4.79 Å². The van der Waals surface area contributed by atoms with Gasteiger partial charge < -0.3 is 5.32 Å². The van der Waals surface area contributed by atoms with E-state index in [1.807, 2.05) is 29.3 Å². The van der Waals surface area contributed by atoms with Crippen molar-refractivity contribution in [2.45, 2.75) is 44.2 Å². The van der Waals surface area contributed by atoms with Crippen LogP contribution in [0.2, 0.25) is 0 Å². The van der Waals surface area contributed by atoms with E-state index in [1.54, 1.807) is 0 Å². The number of carbonyl (C=O) groups is 1. The second-order valence-corrected chi connectivity index (χ2v) is 8.57. The van der Waals surface area contributed by atoms with E-state index in [1.165, 1.54) is 15.3 Å². The van der Waals surface area contributed by atoms with Crippen molar-refractivity contribution in [3.63, 3.8) is 0 Å². The second-order valence-electron chi connectivity index (χ2n) is 7.20. The van der Waals surface area contributed by atoms with Gasteiger partial charge in [-0.15, -0.1) is 11.3 Å². The number of carbonyl (C=O) groups excluding carboxylic acids is 1. The Morgan fingerprint density at radius 2 is 2.17 bits per heavy atom. The maximum atomic E-state index is 12.1. The summed E-state index contributed by atoms with van der Waals surface area (Å²) in [7, 11) is 1.94. The summed E-state index contributed by atoms with van der Waals surface area (Å²) in [5, 5.41) is 7.62. The highest BCUT2D eigenvalue weighted by Crippen LogP contribution is 2.43. The Morgan fingerprint density at radius 3 is 2.79 bits per heavy atom. The van der Waals surface area contributed by atoms with Crippen LogP contribution in [0.5, 0.6) is 0 Å². The first-order valence-electron chi connectivity index (χ1n) is 8.61. The minimum atomic E-state index is -0.0814. The Kier molecular flexibility index (Phi) is 3.96. The van der Waals surface area contributed by atoms with Gasteiger partial charge in [0, 0.05) is 60.5 Å². The lowest BCUT2D eigenvalue weighted by atomic mass is 9.75. The number of aryl methyl sites for hydroxylation is 2. The Bertz CT molecular complexity index is 742. The highest BCUT2D eigenvalue weighted by atomic mass is 32.1. The van der Waals surface area contributed by atoms with E-state index in [2.05, 4.69) is 40.6 Å². The Hall–Kier alpha value is -1.66. The summed E-state index contributed by atoms with van der Waals surface area (Å²) >= 11 is 1.88. The molecule has 1 spiro atoms. The zero-order chi connectivity index (χ0) is 16.7. The third-order valence-electron chi connectivity index (χ3n) is 5.50. The van der Waals surface area contributed by atoms with Crippen LogP contribution < -0.4 is 5.32 Å². The van der Waals surface area contributed by atoms with Crippen molar-refractivity contribution in [1.82, 2.24) is 20.0 Å². The molecule has 5 nitrogen and oxygen atoms in total. The van der Waals surface area contributed by atoms with E-state index in [4.69, 9.17) is 0 Å². The van der Waals surface area contributed by atoms with Crippen LogP contribution in [-0.2, 0) is 18.4 Å². The molecule has 0 aliphatic carbocycles. The number of amides is 1. The molecule has 2 aliphatic rings. The van der Waals surface area contributed by atoms with Gasteiger partial charge in [-0.25, -0.2) is 0 Å². The van der Waals surface area contributed by atoms with Gasteiger partial charge in [0.25, 0.3) is 0 Å². The molecule has 4 rings (SSSR count). The second kappa shape index (κ2) is 6.01. The molecule has 0 bridgehead atoms. The number of hydrogen-bond acceptors (Lipinski definition) is 4. The Morgan fingerprint density at radius 1 is 1.38 bits per heavy atom. The molecule has 6 heteroatoms. The first-order chi connectivity index (χ1) is 11.5. The van der Waals surface area contributed by atoms with Gasteiger partial charge in [-0.2, -0.15) is 5.10 Å². The lowest BCUT2D eigenvalue weighted by Gasteiger charge is -2.42. The molecule has 2 aliphatic heterocycles. The Labute approximate surface area is 146 Å². The predicted octanol–water partition coefficient (Wildman–Crippen LogP) is 2.43. The maximum absolute atomic E-state index is 12.1. The highest BCUT2D eigenvalue weighted by molar-refractivity contribution is 7.11. The SMILES string of the molecule is Cc1ccc(CN2CCC3(CC2)NC(=O)C[C@@H]3c2cnn(C)c2)s1. The fraction of sp³-hybridized carbons (Fsp3) is 0.556.